The number of rotatable bonds is 8. The number of anilines is 1. The summed E-state index contributed by atoms with van der Waals surface area (Å²) in [5.74, 6) is -0.710. The molecule has 0 atom stereocenters. The van der Waals surface area contributed by atoms with Gasteiger partial charge in [0.15, 0.2) is 0 Å². The number of hydrogen-bond donors (Lipinski definition) is 2. The van der Waals surface area contributed by atoms with Crippen molar-refractivity contribution in [2.24, 2.45) is 0 Å². The molecule has 3 heteroatoms. The molecule has 0 aliphatic rings. The SMILES string of the molecule is C=Cc1ccc(NCCCCCC(=O)O)cc1. The molecule has 0 heterocycles. The minimum absolute atomic E-state index is 0.272. The van der Waals surface area contributed by atoms with Gasteiger partial charge in [0.1, 0.15) is 0 Å². The fourth-order valence-corrected chi connectivity index (χ4v) is 1.55. The van der Waals surface area contributed by atoms with Crippen molar-refractivity contribution < 1.29 is 9.90 Å². The Morgan fingerprint density at radius 1 is 1.24 bits per heavy atom. The Kier molecular flexibility index (Phi) is 5.86. The molecule has 92 valence electrons. The predicted octanol–water partition coefficient (Wildman–Crippen LogP) is 3.39. The maximum atomic E-state index is 10.3. The van der Waals surface area contributed by atoms with Crippen LogP contribution in [-0.2, 0) is 4.79 Å². The van der Waals surface area contributed by atoms with E-state index in [0.29, 0.717) is 0 Å². The number of unbranched alkanes of at least 4 members (excludes halogenated alkanes) is 2. The monoisotopic (exact) mass is 233 g/mol. The highest BCUT2D eigenvalue weighted by molar-refractivity contribution is 5.66. The van der Waals surface area contributed by atoms with Gasteiger partial charge in [-0.1, -0.05) is 31.2 Å². The van der Waals surface area contributed by atoms with E-state index in [1.54, 1.807) is 0 Å². The summed E-state index contributed by atoms with van der Waals surface area (Å²) in [5.41, 5.74) is 2.20. The summed E-state index contributed by atoms with van der Waals surface area (Å²) in [7, 11) is 0. The Labute approximate surface area is 102 Å². The molecule has 0 spiro atoms. The van der Waals surface area contributed by atoms with Crippen LogP contribution < -0.4 is 5.32 Å². The number of carboxylic acid groups (broad SMARTS) is 1. The maximum absolute atomic E-state index is 10.3. The first kappa shape index (κ1) is 13.3. The van der Waals surface area contributed by atoms with Gasteiger partial charge < -0.3 is 10.4 Å². The van der Waals surface area contributed by atoms with Crippen LogP contribution in [0.4, 0.5) is 5.69 Å². The molecule has 0 fully saturated rings. The van der Waals surface area contributed by atoms with Crippen LogP contribution in [0.25, 0.3) is 6.08 Å². The van der Waals surface area contributed by atoms with Crippen LogP contribution in [0.15, 0.2) is 30.8 Å². The molecule has 0 aliphatic carbocycles. The van der Waals surface area contributed by atoms with Crippen molar-refractivity contribution in [1.82, 2.24) is 0 Å². The largest absolute Gasteiger partial charge is 0.481 e. The molecule has 0 bridgehead atoms. The van der Waals surface area contributed by atoms with Crippen molar-refractivity contribution >= 4 is 17.7 Å². The minimum atomic E-state index is -0.710. The van der Waals surface area contributed by atoms with Gasteiger partial charge in [0, 0.05) is 18.7 Å². The average Bonchev–Trinajstić information content (AvgIpc) is 2.34. The van der Waals surface area contributed by atoms with Crippen molar-refractivity contribution in [2.75, 3.05) is 11.9 Å². The summed E-state index contributed by atoms with van der Waals surface area (Å²) in [6, 6.07) is 8.07. The highest BCUT2D eigenvalue weighted by atomic mass is 16.4. The number of nitrogens with one attached hydrogen (secondary N) is 1. The van der Waals surface area contributed by atoms with Gasteiger partial charge in [-0.2, -0.15) is 0 Å². The normalized spacial score (nSPS) is 9.88. The molecule has 0 radical (unpaired) electrons. The van der Waals surface area contributed by atoms with Crippen molar-refractivity contribution in [3.05, 3.63) is 36.4 Å². The molecule has 0 saturated heterocycles. The zero-order chi connectivity index (χ0) is 12.5. The van der Waals surface area contributed by atoms with Crippen LogP contribution in [0.5, 0.6) is 0 Å². The first-order valence-corrected chi connectivity index (χ1v) is 5.90. The molecular weight excluding hydrogens is 214 g/mol. The van der Waals surface area contributed by atoms with Crippen LogP contribution in [0.3, 0.4) is 0 Å². The standard InChI is InChI=1S/C14H19NO2/c1-2-12-7-9-13(10-8-12)15-11-5-3-4-6-14(16)17/h2,7-10,15H,1,3-6,11H2,(H,16,17). The summed E-state index contributed by atoms with van der Waals surface area (Å²) < 4.78 is 0. The molecule has 0 amide bonds. The number of benzene rings is 1. The zero-order valence-corrected chi connectivity index (χ0v) is 9.98. The van der Waals surface area contributed by atoms with Crippen LogP contribution in [-0.4, -0.2) is 17.6 Å². The summed E-state index contributed by atoms with van der Waals surface area (Å²) >= 11 is 0. The Morgan fingerprint density at radius 3 is 2.53 bits per heavy atom. The minimum Gasteiger partial charge on any atom is -0.481 e. The first-order chi connectivity index (χ1) is 8.22. The number of carboxylic acids is 1. The topological polar surface area (TPSA) is 49.3 Å². The van der Waals surface area contributed by atoms with E-state index in [-0.39, 0.29) is 6.42 Å². The fraction of sp³-hybridized carbons (Fsp3) is 0.357. The highest BCUT2D eigenvalue weighted by Crippen LogP contribution is 2.10. The van der Waals surface area contributed by atoms with Crippen molar-refractivity contribution in [3.63, 3.8) is 0 Å². The highest BCUT2D eigenvalue weighted by Gasteiger charge is 1.96. The molecule has 0 aromatic heterocycles. The van der Waals surface area contributed by atoms with Gasteiger partial charge in [0.05, 0.1) is 0 Å². The van der Waals surface area contributed by atoms with Gasteiger partial charge in [0.2, 0.25) is 0 Å². The van der Waals surface area contributed by atoms with E-state index >= 15 is 0 Å². The third-order valence-electron chi connectivity index (χ3n) is 2.54. The smallest absolute Gasteiger partial charge is 0.303 e. The predicted molar refractivity (Wildman–Crippen MR) is 71.1 cm³/mol. The summed E-state index contributed by atoms with van der Waals surface area (Å²) in [5, 5.41) is 11.8. The molecule has 17 heavy (non-hydrogen) atoms. The maximum Gasteiger partial charge on any atom is 0.303 e. The average molecular weight is 233 g/mol. The quantitative estimate of drug-likeness (QED) is 0.677. The summed E-state index contributed by atoms with van der Waals surface area (Å²) in [6.45, 7) is 4.58. The van der Waals surface area contributed by atoms with E-state index in [9.17, 15) is 4.79 Å². The van der Waals surface area contributed by atoms with Crippen molar-refractivity contribution in [1.29, 1.82) is 0 Å². The zero-order valence-electron chi connectivity index (χ0n) is 9.98. The molecular formula is C14H19NO2. The van der Waals surface area contributed by atoms with Gasteiger partial charge in [-0.25, -0.2) is 0 Å². The van der Waals surface area contributed by atoms with Crippen molar-refractivity contribution in [3.8, 4) is 0 Å². The molecule has 2 N–H and O–H groups in total. The Balaban J connectivity index is 2.13. The molecule has 3 nitrogen and oxygen atoms in total. The van der Waals surface area contributed by atoms with Gasteiger partial charge in [-0.15, -0.1) is 0 Å². The lowest BCUT2D eigenvalue weighted by Crippen LogP contribution is -2.02. The van der Waals surface area contributed by atoms with E-state index in [4.69, 9.17) is 5.11 Å². The number of carbonyl (C=O) groups is 1. The second kappa shape index (κ2) is 7.49. The van der Waals surface area contributed by atoms with E-state index < -0.39 is 5.97 Å². The lowest BCUT2D eigenvalue weighted by Gasteiger charge is -2.06. The van der Waals surface area contributed by atoms with Crippen LogP contribution in [0.1, 0.15) is 31.2 Å². The number of aliphatic carboxylic acids is 1. The first-order valence-electron chi connectivity index (χ1n) is 5.90. The molecule has 1 aromatic carbocycles. The molecule has 1 rings (SSSR count). The van der Waals surface area contributed by atoms with Crippen LogP contribution >= 0.6 is 0 Å². The van der Waals surface area contributed by atoms with Gasteiger partial charge in [0.25, 0.3) is 0 Å². The molecule has 0 unspecified atom stereocenters. The van der Waals surface area contributed by atoms with E-state index in [2.05, 4.69) is 11.9 Å². The van der Waals surface area contributed by atoms with Crippen LogP contribution in [0.2, 0.25) is 0 Å². The van der Waals surface area contributed by atoms with Gasteiger partial charge in [-0.3, -0.25) is 4.79 Å². The van der Waals surface area contributed by atoms with Gasteiger partial charge >= 0.3 is 5.97 Å². The Hall–Kier alpha value is -1.77. The molecule has 0 aliphatic heterocycles. The second-order valence-electron chi connectivity index (χ2n) is 3.96. The third kappa shape index (κ3) is 5.76. The van der Waals surface area contributed by atoms with E-state index in [1.807, 2.05) is 30.3 Å². The van der Waals surface area contributed by atoms with Gasteiger partial charge in [-0.05, 0) is 30.5 Å². The summed E-state index contributed by atoms with van der Waals surface area (Å²) in [6.07, 6.45) is 4.79. The van der Waals surface area contributed by atoms with E-state index in [1.165, 1.54) is 0 Å². The van der Waals surface area contributed by atoms with E-state index in [0.717, 1.165) is 37.1 Å². The molecule has 1 aromatic rings. The fourth-order valence-electron chi connectivity index (χ4n) is 1.55. The Morgan fingerprint density at radius 2 is 1.94 bits per heavy atom. The lowest BCUT2D eigenvalue weighted by molar-refractivity contribution is -0.137. The summed E-state index contributed by atoms with van der Waals surface area (Å²) in [4.78, 5) is 10.3. The Bertz CT molecular complexity index is 357. The third-order valence-corrected chi connectivity index (χ3v) is 2.54. The van der Waals surface area contributed by atoms with Crippen molar-refractivity contribution in [2.45, 2.75) is 25.7 Å². The lowest BCUT2D eigenvalue weighted by atomic mass is 10.2. The second-order valence-corrected chi connectivity index (χ2v) is 3.96. The number of hydrogen-bond acceptors (Lipinski definition) is 2. The molecule has 0 saturated carbocycles. The van der Waals surface area contributed by atoms with Crippen LogP contribution in [0, 0.1) is 0 Å².